The summed E-state index contributed by atoms with van der Waals surface area (Å²) in [5.41, 5.74) is 1.38. The van der Waals surface area contributed by atoms with Crippen molar-refractivity contribution >= 4 is 22.9 Å². The fourth-order valence-corrected chi connectivity index (χ4v) is 3.63. The van der Waals surface area contributed by atoms with E-state index in [1.807, 2.05) is 6.07 Å². The number of hydrogen-bond acceptors (Lipinski definition) is 3. The highest BCUT2D eigenvalue weighted by Crippen LogP contribution is 2.24. The summed E-state index contributed by atoms with van der Waals surface area (Å²) in [7, 11) is 1.72. The molecule has 4 rings (SSSR count). The fourth-order valence-electron chi connectivity index (χ4n) is 3.63. The summed E-state index contributed by atoms with van der Waals surface area (Å²) < 4.78 is 17.0. The molecule has 3 heterocycles. The van der Waals surface area contributed by atoms with Gasteiger partial charge in [0.1, 0.15) is 5.82 Å². The van der Waals surface area contributed by atoms with E-state index >= 15 is 0 Å². The number of rotatable bonds is 2. The number of aromatic nitrogens is 3. The van der Waals surface area contributed by atoms with Crippen LogP contribution in [0.5, 0.6) is 0 Å². The monoisotopic (exact) mass is 369 g/mol. The van der Waals surface area contributed by atoms with Gasteiger partial charge in [-0.1, -0.05) is 12.1 Å². The van der Waals surface area contributed by atoms with E-state index < -0.39 is 5.82 Å². The number of urea groups is 1. The molecule has 2 amide bonds. The number of imidazole rings is 1. The van der Waals surface area contributed by atoms with Crippen molar-refractivity contribution in [3.63, 3.8) is 0 Å². The van der Waals surface area contributed by atoms with Crippen LogP contribution in [0.15, 0.2) is 47.4 Å². The first-order chi connectivity index (χ1) is 13.1. The van der Waals surface area contributed by atoms with Crippen molar-refractivity contribution in [1.29, 1.82) is 0 Å². The minimum Gasteiger partial charge on any atom is -0.322 e. The second-order valence-electron chi connectivity index (χ2n) is 6.71. The molecule has 27 heavy (non-hydrogen) atoms. The Morgan fingerprint density at radius 2 is 2.07 bits per heavy atom. The minimum absolute atomic E-state index is 0.147. The van der Waals surface area contributed by atoms with E-state index in [0.29, 0.717) is 18.7 Å². The normalized spacial score (nSPS) is 17.3. The van der Waals surface area contributed by atoms with Crippen molar-refractivity contribution in [1.82, 2.24) is 19.0 Å². The maximum atomic E-state index is 13.8. The van der Waals surface area contributed by atoms with Gasteiger partial charge in [0.25, 0.3) is 0 Å². The van der Waals surface area contributed by atoms with Crippen LogP contribution in [0.3, 0.4) is 0 Å². The van der Waals surface area contributed by atoms with Gasteiger partial charge in [0.15, 0.2) is 5.65 Å². The summed E-state index contributed by atoms with van der Waals surface area (Å²) in [4.78, 5) is 31.3. The molecule has 1 fully saturated rings. The summed E-state index contributed by atoms with van der Waals surface area (Å²) in [6, 6.07) is 9.17. The van der Waals surface area contributed by atoms with E-state index in [1.165, 1.54) is 12.1 Å². The van der Waals surface area contributed by atoms with E-state index in [-0.39, 0.29) is 23.5 Å². The number of amides is 2. The van der Waals surface area contributed by atoms with Crippen molar-refractivity contribution < 1.29 is 9.18 Å². The number of halogens is 1. The second kappa shape index (κ2) is 6.86. The molecule has 1 atom stereocenters. The Morgan fingerprint density at radius 1 is 1.26 bits per heavy atom. The summed E-state index contributed by atoms with van der Waals surface area (Å²) >= 11 is 0. The number of fused-ring (bicyclic) bond motifs is 1. The Bertz CT molecular complexity index is 1060. The number of piperidine rings is 1. The molecule has 3 aromatic rings. The van der Waals surface area contributed by atoms with Crippen LogP contribution in [0.4, 0.5) is 14.9 Å². The number of carbonyl (C=O) groups is 1. The summed E-state index contributed by atoms with van der Waals surface area (Å²) in [5, 5.41) is 2.61. The van der Waals surface area contributed by atoms with Crippen LogP contribution in [0.2, 0.25) is 0 Å². The van der Waals surface area contributed by atoms with Gasteiger partial charge in [0.05, 0.1) is 17.2 Å². The number of anilines is 1. The van der Waals surface area contributed by atoms with Gasteiger partial charge in [-0.2, -0.15) is 0 Å². The Morgan fingerprint density at radius 3 is 2.89 bits per heavy atom. The topological polar surface area (TPSA) is 72.2 Å². The standard InChI is InChI=1S/C19H20FN5O2/c1-23-16-9-4-10-21-17(16)25(19(23)27)13-6-5-11-24(12-13)18(26)22-15-8-3-2-7-14(15)20/h2-4,7-10,13H,5-6,11-12H2,1H3,(H,22,26)/t13-/m0/s1. The molecule has 7 nitrogen and oxygen atoms in total. The zero-order chi connectivity index (χ0) is 19.0. The van der Waals surface area contributed by atoms with Crippen molar-refractivity contribution in [2.45, 2.75) is 18.9 Å². The van der Waals surface area contributed by atoms with Crippen molar-refractivity contribution in [3.05, 3.63) is 58.9 Å². The molecular formula is C19H20FN5O2. The molecule has 1 aliphatic rings. The summed E-state index contributed by atoms with van der Waals surface area (Å²) in [6.45, 7) is 0.930. The Kier molecular flexibility index (Phi) is 4.39. The number of pyridine rings is 1. The Hall–Kier alpha value is -3.16. The zero-order valence-corrected chi connectivity index (χ0v) is 14.9. The molecule has 140 valence electrons. The third kappa shape index (κ3) is 3.07. The number of carbonyl (C=O) groups excluding carboxylic acids is 1. The molecule has 1 aliphatic heterocycles. The van der Waals surface area contributed by atoms with E-state index in [9.17, 15) is 14.0 Å². The SMILES string of the molecule is Cn1c(=O)n([C@H]2CCCN(C(=O)Nc3ccccc3F)C2)c2ncccc21. The summed E-state index contributed by atoms with van der Waals surface area (Å²) in [5.74, 6) is -0.478. The van der Waals surface area contributed by atoms with E-state index in [0.717, 1.165) is 18.4 Å². The van der Waals surface area contributed by atoms with Crippen molar-refractivity contribution in [2.75, 3.05) is 18.4 Å². The number of para-hydroxylation sites is 1. The van der Waals surface area contributed by atoms with E-state index in [4.69, 9.17) is 0 Å². The fraction of sp³-hybridized carbons (Fsp3) is 0.316. The van der Waals surface area contributed by atoms with Crippen LogP contribution in [0.25, 0.3) is 11.2 Å². The van der Waals surface area contributed by atoms with Crippen LogP contribution >= 0.6 is 0 Å². The van der Waals surface area contributed by atoms with Crippen molar-refractivity contribution in [3.8, 4) is 0 Å². The second-order valence-corrected chi connectivity index (χ2v) is 6.71. The molecule has 0 bridgehead atoms. The molecule has 2 aromatic heterocycles. The van der Waals surface area contributed by atoms with Crippen LogP contribution in [0.1, 0.15) is 18.9 Å². The number of aryl methyl sites for hydroxylation is 1. The third-order valence-corrected chi connectivity index (χ3v) is 5.01. The number of likely N-dealkylation sites (tertiary alicyclic amines) is 1. The van der Waals surface area contributed by atoms with Crippen molar-refractivity contribution in [2.24, 2.45) is 7.05 Å². The highest BCUT2D eigenvalue weighted by Gasteiger charge is 2.28. The molecule has 0 aliphatic carbocycles. The molecular weight excluding hydrogens is 349 g/mol. The Balaban J connectivity index is 1.59. The van der Waals surface area contributed by atoms with Gasteiger partial charge in [0.2, 0.25) is 0 Å². The largest absolute Gasteiger partial charge is 0.330 e. The predicted octanol–water partition coefficient (Wildman–Crippen LogP) is 2.74. The number of nitrogens with zero attached hydrogens (tertiary/aromatic N) is 4. The molecule has 1 aromatic carbocycles. The molecule has 0 unspecified atom stereocenters. The highest BCUT2D eigenvalue weighted by molar-refractivity contribution is 5.89. The van der Waals surface area contributed by atoms with E-state index in [2.05, 4.69) is 10.3 Å². The average molecular weight is 369 g/mol. The maximum absolute atomic E-state index is 13.8. The number of nitrogens with one attached hydrogen (secondary N) is 1. The van der Waals surface area contributed by atoms with Gasteiger partial charge in [-0.15, -0.1) is 0 Å². The first-order valence-electron chi connectivity index (χ1n) is 8.88. The lowest BCUT2D eigenvalue weighted by atomic mass is 10.1. The highest BCUT2D eigenvalue weighted by atomic mass is 19.1. The van der Waals surface area contributed by atoms with Gasteiger partial charge in [-0.25, -0.2) is 19.0 Å². The van der Waals surface area contributed by atoms with E-state index in [1.54, 1.807) is 45.5 Å². The third-order valence-electron chi connectivity index (χ3n) is 5.01. The first-order valence-corrected chi connectivity index (χ1v) is 8.88. The molecule has 1 N–H and O–H groups in total. The van der Waals surface area contributed by atoms with Gasteiger partial charge in [-0.3, -0.25) is 9.13 Å². The smallest absolute Gasteiger partial charge is 0.322 e. The van der Waals surface area contributed by atoms with Crippen LogP contribution < -0.4 is 11.0 Å². The van der Waals surface area contributed by atoms with Crippen LogP contribution in [0, 0.1) is 5.82 Å². The molecule has 0 saturated carbocycles. The Labute approximate surface area is 155 Å². The predicted molar refractivity (Wildman–Crippen MR) is 100 cm³/mol. The quantitative estimate of drug-likeness (QED) is 0.755. The van der Waals surface area contributed by atoms with Gasteiger partial charge in [0, 0.05) is 26.3 Å². The lowest BCUT2D eigenvalue weighted by molar-refractivity contribution is 0.178. The summed E-state index contributed by atoms with van der Waals surface area (Å²) in [6.07, 6.45) is 3.19. The maximum Gasteiger partial charge on any atom is 0.330 e. The van der Waals surface area contributed by atoms with Gasteiger partial charge in [-0.05, 0) is 37.1 Å². The zero-order valence-electron chi connectivity index (χ0n) is 14.9. The lowest BCUT2D eigenvalue weighted by Gasteiger charge is -2.33. The van der Waals surface area contributed by atoms with Crippen LogP contribution in [-0.4, -0.2) is 38.1 Å². The lowest BCUT2D eigenvalue weighted by Crippen LogP contribution is -2.44. The van der Waals surface area contributed by atoms with Gasteiger partial charge >= 0.3 is 11.7 Å². The number of hydrogen-bond donors (Lipinski definition) is 1. The molecule has 0 spiro atoms. The molecule has 1 saturated heterocycles. The average Bonchev–Trinajstić information content (AvgIpc) is 2.94. The molecule has 8 heteroatoms. The van der Waals surface area contributed by atoms with Gasteiger partial charge < -0.3 is 10.2 Å². The number of benzene rings is 1. The molecule has 0 radical (unpaired) electrons. The minimum atomic E-state index is -0.478. The first kappa shape index (κ1) is 17.3. The van der Waals surface area contributed by atoms with Crippen LogP contribution in [-0.2, 0) is 7.05 Å².